The van der Waals surface area contributed by atoms with E-state index in [1.807, 2.05) is 12.1 Å². The van der Waals surface area contributed by atoms with Crippen LogP contribution < -0.4 is 4.74 Å². The van der Waals surface area contributed by atoms with E-state index in [9.17, 15) is 4.39 Å². The number of hydrogen-bond donors (Lipinski definition) is 0. The van der Waals surface area contributed by atoms with Crippen LogP contribution in [-0.2, 0) is 6.54 Å². The average Bonchev–Trinajstić information content (AvgIpc) is 3.00. The van der Waals surface area contributed by atoms with E-state index in [-0.39, 0.29) is 12.3 Å². The zero-order valence-electron chi connectivity index (χ0n) is 13.3. The summed E-state index contributed by atoms with van der Waals surface area (Å²) >= 11 is 0. The molecule has 0 radical (unpaired) electrons. The van der Waals surface area contributed by atoms with Gasteiger partial charge in [0.2, 0.25) is 0 Å². The third kappa shape index (κ3) is 2.64. The lowest BCUT2D eigenvalue weighted by molar-refractivity contribution is 0.386. The molecule has 0 aliphatic carbocycles. The molecule has 0 aliphatic heterocycles. The van der Waals surface area contributed by atoms with Crippen molar-refractivity contribution in [3.05, 3.63) is 48.5 Å². The first-order valence-corrected chi connectivity index (χ1v) is 7.53. The number of benzene rings is 2. The Morgan fingerprint density at radius 1 is 1.20 bits per heavy atom. The molecule has 122 valence electrons. The number of halogens is 1. The van der Waals surface area contributed by atoms with Crippen molar-refractivity contribution in [2.75, 3.05) is 7.11 Å². The molecule has 6 nitrogen and oxygen atoms in total. The van der Waals surface area contributed by atoms with Gasteiger partial charge < -0.3 is 4.74 Å². The Kier molecular flexibility index (Phi) is 3.51. The molecule has 0 saturated carbocycles. The molecule has 2 heterocycles. The van der Waals surface area contributed by atoms with E-state index in [2.05, 4.69) is 21.1 Å². The smallest absolute Gasteiger partial charge is 0.165 e. The van der Waals surface area contributed by atoms with Gasteiger partial charge in [-0.3, -0.25) is 9.67 Å². The molecular formula is C18H12FN5O. The quantitative estimate of drug-likeness (QED) is 0.575. The number of hydrogen-bond acceptors (Lipinski definition) is 5. The predicted molar refractivity (Wildman–Crippen MR) is 90.4 cm³/mol. The Bertz CT molecular complexity index is 1150. The highest BCUT2D eigenvalue weighted by Gasteiger charge is 2.09. The van der Waals surface area contributed by atoms with Crippen molar-refractivity contribution < 1.29 is 9.13 Å². The van der Waals surface area contributed by atoms with Gasteiger partial charge >= 0.3 is 0 Å². The van der Waals surface area contributed by atoms with Crippen LogP contribution in [0.15, 0.2) is 42.7 Å². The highest BCUT2D eigenvalue weighted by Crippen LogP contribution is 2.26. The summed E-state index contributed by atoms with van der Waals surface area (Å²) in [6.45, 7) is 0.183. The number of fused-ring (bicyclic) bond motifs is 2. The normalized spacial score (nSPS) is 10.9. The minimum Gasteiger partial charge on any atom is -0.494 e. The van der Waals surface area contributed by atoms with Gasteiger partial charge in [0.15, 0.2) is 11.6 Å². The van der Waals surface area contributed by atoms with Gasteiger partial charge in [-0.15, -0.1) is 0 Å². The molecule has 4 aromatic rings. The van der Waals surface area contributed by atoms with Crippen molar-refractivity contribution in [2.45, 2.75) is 6.54 Å². The number of rotatable bonds is 3. The molecule has 2 aromatic carbocycles. The molecule has 0 amide bonds. The molecule has 0 atom stereocenters. The summed E-state index contributed by atoms with van der Waals surface area (Å²) in [7, 11) is 1.42. The van der Waals surface area contributed by atoms with E-state index in [1.165, 1.54) is 13.2 Å². The number of aromatic nitrogens is 4. The summed E-state index contributed by atoms with van der Waals surface area (Å²) in [5.41, 5.74) is 3.27. The number of methoxy groups -OCH3 is 1. The van der Waals surface area contributed by atoms with Gasteiger partial charge in [0.25, 0.3) is 0 Å². The zero-order valence-corrected chi connectivity index (χ0v) is 13.3. The average molecular weight is 333 g/mol. The second kappa shape index (κ2) is 5.83. The first-order valence-electron chi connectivity index (χ1n) is 7.53. The van der Waals surface area contributed by atoms with Crippen LogP contribution in [-0.4, -0.2) is 26.9 Å². The Balaban J connectivity index is 1.82. The van der Waals surface area contributed by atoms with Crippen molar-refractivity contribution in [2.24, 2.45) is 0 Å². The van der Waals surface area contributed by atoms with Gasteiger partial charge in [-0.1, -0.05) is 0 Å². The van der Waals surface area contributed by atoms with Gasteiger partial charge in [0.05, 0.1) is 41.6 Å². The van der Waals surface area contributed by atoms with Crippen LogP contribution in [0.1, 0.15) is 0 Å². The largest absolute Gasteiger partial charge is 0.494 e. The highest BCUT2D eigenvalue weighted by molar-refractivity contribution is 5.93. The third-order valence-electron chi connectivity index (χ3n) is 3.90. The summed E-state index contributed by atoms with van der Waals surface area (Å²) in [5, 5.41) is 14.0. The van der Waals surface area contributed by atoms with Crippen LogP contribution in [0.25, 0.3) is 33.2 Å². The summed E-state index contributed by atoms with van der Waals surface area (Å²) in [5.74, 6) is -0.269. The van der Waals surface area contributed by atoms with Crippen LogP contribution in [0.3, 0.4) is 0 Å². The first kappa shape index (κ1) is 15.0. The van der Waals surface area contributed by atoms with E-state index >= 15 is 0 Å². The van der Waals surface area contributed by atoms with Crippen LogP contribution in [0.4, 0.5) is 4.39 Å². The van der Waals surface area contributed by atoms with Gasteiger partial charge in [0, 0.05) is 17.1 Å². The number of nitriles is 1. The van der Waals surface area contributed by atoms with Gasteiger partial charge in [0.1, 0.15) is 6.54 Å². The maximum absolute atomic E-state index is 13.9. The maximum atomic E-state index is 13.9. The minimum absolute atomic E-state index is 0.183. The molecule has 7 heteroatoms. The van der Waals surface area contributed by atoms with Gasteiger partial charge in [-0.05, 0) is 30.3 Å². The predicted octanol–water partition coefficient (Wildman–Crippen LogP) is 3.32. The molecule has 0 spiro atoms. The van der Waals surface area contributed by atoms with Crippen molar-refractivity contribution in [1.82, 2.24) is 19.7 Å². The van der Waals surface area contributed by atoms with Crippen molar-refractivity contribution in [1.29, 1.82) is 5.26 Å². The molecule has 0 saturated heterocycles. The zero-order chi connectivity index (χ0) is 17.4. The van der Waals surface area contributed by atoms with Crippen molar-refractivity contribution >= 4 is 21.9 Å². The number of ether oxygens (including phenoxy) is 1. The molecule has 0 N–H and O–H groups in total. The van der Waals surface area contributed by atoms with E-state index < -0.39 is 5.82 Å². The van der Waals surface area contributed by atoms with Crippen LogP contribution in [0.2, 0.25) is 0 Å². The molecule has 25 heavy (non-hydrogen) atoms. The molecule has 0 aliphatic rings. The molecule has 4 rings (SSSR count). The summed E-state index contributed by atoms with van der Waals surface area (Å²) < 4.78 is 20.4. The lowest BCUT2D eigenvalue weighted by Crippen LogP contribution is -1.94. The lowest BCUT2D eigenvalue weighted by atomic mass is 10.1. The molecule has 0 bridgehead atoms. The Morgan fingerprint density at radius 3 is 2.84 bits per heavy atom. The topological polar surface area (TPSA) is 76.6 Å². The monoisotopic (exact) mass is 333 g/mol. The minimum atomic E-state index is -0.451. The molecule has 0 unspecified atom stereocenters. The van der Waals surface area contributed by atoms with E-state index in [0.29, 0.717) is 22.3 Å². The standard InChI is InChI=1S/C18H12FN5O/c1-25-18-3-2-11(6-13(18)19)17-9-21-15-7-12-10-24(5-4-20)23-14(12)8-16(15)22-17/h2-3,6-10H,5H2,1H3. The Morgan fingerprint density at radius 2 is 2.08 bits per heavy atom. The fourth-order valence-electron chi connectivity index (χ4n) is 2.70. The van der Waals surface area contributed by atoms with Gasteiger partial charge in [-0.25, -0.2) is 9.37 Å². The van der Waals surface area contributed by atoms with Gasteiger partial charge in [-0.2, -0.15) is 10.4 Å². The SMILES string of the molecule is COc1ccc(-c2cnc3cc4cn(CC#N)nc4cc3n2)cc1F. The van der Waals surface area contributed by atoms with E-state index in [1.54, 1.807) is 29.2 Å². The van der Waals surface area contributed by atoms with Crippen LogP contribution >= 0.6 is 0 Å². The van der Waals surface area contributed by atoms with Crippen LogP contribution in [0.5, 0.6) is 5.75 Å². The first-order chi connectivity index (χ1) is 12.2. The fraction of sp³-hybridized carbons (Fsp3) is 0.111. The highest BCUT2D eigenvalue weighted by atomic mass is 19.1. The summed E-state index contributed by atoms with van der Waals surface area (Å²) in [4.78, 5) is 8.98. The second-order valence-corrected chi connectivity index (χ2v) is 5.49. The molecular weight excluding hydrogens is 321 g/mol. The van der Waals surface area contributed by atoms with Crippen LogP contribution in [0, 0.1) is 17.1 Å². The van der Waals surface area contributed by atoms with E-state index in [4.69, 9.17) is 10.00 Å². The maximum Gasteiger partial charge on any atom is 0.165 e. The lowest BCUT2D eigenvalue weighted by Gasteiger charge is -2.05. The summed E-state index contributed by atoms with van der Waals surface area (Å²) in [6.07, 6.45) is 3.40. The van der Waals surface area contributed by atoms with Crippen molar-refractivity contribution in [3.8, 4) is 23.1 Å². The van der Waals surface area contributed by atoms with E-state index in [0.717, 1.165) is 10.9 Å². The summed E-state index contributed by atoms with van der Waals surface area (Å²) in [6, 6.07) is 10.4. The molecule has 2 aromatic heterocycles. The number of nitrogens with zero attached hydrogens (tertiary/aromatic N) is 5. The Labute approximate surface area is 142 Å². The Hall–Kier alpha value is -3.53. The third-order valence-corrected chi connectivity index (χ3v) is 3.90. The second-order valence-electron chi connectivity index (χ2n) is 5.49. The van der Waals surface area contributed by atoms with Crippen molar-refractivity contribution in [3.63, 3.8) is 0 Å². The fourth-order valence-corrected chi connectivity index (χ4v) is 2.70. The molecule has 0 fully saturated rings.